The van der Waals surface area contributed by atoms with Gasteiger partial charge in [-0.2, -0.15) is 0 Å². The van der Waals surface area contributed by atoms with E-state index in [2.05, 4.69) is 9.47 Å². The molecular weight excluding hydrogens is 224 g/mol. The average molecular weight is 236 g/mol. The molecule has 5 atom stereocenters. The molecule has 0 spiro atoms. The zero-order chi connectivity index (χ0) is 12.5. The first-order chi connectivity index (χ1) is 7.34. The molecular formula is C8H12O8. The lowest BCUT2D eigenvalue weighted by atomic mass is 9.99. The van der Waals surface area contributed by atoms with E-state index in [0.29, 0.717) is 0 Å². The van der Waals surface area contributed by atoms with E-state index in [1.54, 1.807) is 0 Å². The molecule has 16 heavy (non-hydrogen) atoms. The van der Waals surface area contributed by atoms with Gasteiger partial charge in [0, 0.05) is 6.92 Å². The third kappa shape index (κ3) is 2.47. The van der Waals surface area contributed by atoms with Gasteiger partial charge in [-0.3, -0.25) is 4.79 Å². The van der Waals surface area contributed by atoms with Crippen LogP contribution in [-0.4, -0.2) is 63.1 Å². The lowest BCUT2D eigenvalue weighted by Crippen LogP contribution is -2.60. The van der Waals surface area contributed by atoms with Gasteiger partial charge in [0.2, 0.25) is 6.29 Å². The maximum Gasteiger partial charge on any atom is 0.335 e. The third-order valence-corrected chi connectivity index (χ3v) is 2.10. The van der Waals surface area contributed by atoms with Crippen LogP contribution in [0.25, 0.3) is 0 Å². The molecule has 0 bridgehead atoms. The number of carbonyl (C=O) groups excluding carboxylic acids is 1. The van der Waals surface area contributed by atoms with Crippen molar-refractivity contribution in [2.75, 3.05) is 0 Å². The van der Waals surface area contributed by atoms with Gasteiger partial charge in [-0.25, -0.2) is 4.79 Å². The van der Waals surface area contributed by atoms with Gasteiger partial charge >= 0.3 is 11.9 Å². The summed E-state index contributed by atoms with van der Waals surface area (Å²) in [6, 6.07) is 0. The van der Waals surface area contributed by atoms with Crippen LogP contribution in [-0.2, 0) is 19.1 Å². The van der Waals surface area contributed by atoms with Crippen LogP contribution < -0.4 is 0 Å². The highest BCUT2D eigenvalue weighted by atomic mass is 16.7. The minimum Gasteiger partial charge on any atom is -0.479 e. The first kappa shape index (κ1) is 12.8. The molecule has 1 heterocycles. The van der Waals surface area contributed by atoms with E-state index in [4.69, 9.17) is 5.11 Å². The zero-order valence-electron chi connectivity index (χ0n) is 8.31. The lowest BCUT2D eigenvalue weighted by Gasteiger charge is -2.37. The highest BCUT2D eigenvalue weighted by molar-refractivity contribution is 5.73. The molecule has 8 nitrogen and oxygen atoms in total. The molecule has 0 amide bonds. The monoisotopic (exact) mass is 236 g/mol. The van der Waals surface area contributed by atoms with E-state index in [1.165, 1.54) is 0 Å². The lowest BCUT2D eigenvalue weighted by molar-refractivity contribution is -0.285. The number of rotatable bonds is 2. The van der Waals surface area contributed by atoms with Crippen LogP contribution in [0.1, 0.15) is 6.92 Å². The Morgan fingerprint density at radius 2 is 1.69 bits per heavy atom. The zero-order valence-corrected chi connectivity index (χ0v) is 8.31. The van der Waals surface area contributed by atoms with Crippen LogP contribution in [0.3, 0.4) is 0 Å². The fourth-order valence-corrected chi connectivity index (χ4v) is 1.31. The van der Waals surface area contributed by atoms with Gasteiger partial charge in [-0.15, -0.1) is 0 Å². The van der Waals surface area contributed by atoms with E-state index in [9.17, 15) is 24.9 Å². The smallest absolute Gasteiger partial charge is 0.335 e. The number of hydrogen-bond donors (Lipinski definition) is 4. The van der Waals surface area contributed by atoms with Crippen molar-refractivity contribution in [2.24, 2.45) is 0 Å². The molecule has 0 aromatic rings. The van der Waals surface area contributed by atoms with Crippen molar-refractivity contribution in [1.29, 1.82) is 0 Å². The predicted molar refractivity (Wildman–Crippen MR) is 46.1 cm³/mol. The Hall–Kier alpha value is -1.22. The number of carboxylic acid groups (broad SMARTS) is 1. The Labute approximate surface area is 90.0 Å². The molecule has 1 fully saturated rings. The molecule has 0 saturated carbocycles. The summed E-state index contributed by atoms with van der Waals surface area (Å²) in [6.07, 6.45) is -8.63. The number of hydrogen-bond acceptors (Lipinski definition) is 7. The highest BCUT2D eigenvalue weighted by Crippen LogP contribution is 2.22. The van der Waals surface area contributed by atoms with Gasteiger partial charge in [0.25, 0.3) is 0 Å². The van der Waals surface area contributed by atoms with Gasteiger partial charge in [0.05, 0.1) is 0 Å². The summed E-state index contributed by atoms with van der Waals surface area (Å²) in [5.41, 5.74) is 0. The number of carbonyl (C=O) groups is 2. The van der Waals surface area contributed by atoms with Gasteiger partial charge in [0.15, 0.2) is 6.10 Å². The fourth-order valence-electron chi connectivity index (χ4n) is 1.31. The van der Waals surface area contributed by atoms with Gasteiger partial charge in [-0.1, -0.05) is 0 Å². The molecule has 1 aliphatic heterocycles. The fraction of sp³-hybridized carbons (Fsp3) is 0.750. The van der Waals surface area contributed by atoms with E-state index in [0.717, 1.165) is 6.92 Å². The van der Waals surface area contributed by atoms with Crippen molar-refractivity contribution in [2.45, 2.75) is 37.6 Å². The number of carboxylic acids is 1. The molecule has 0 aromatic heterocycles. The van der Waals surface area contributed by atoms with Crippen LogP contribution in [0.4, 0.5) is 0 Å². The Morgan fingerprint density at radius 1 is 1.12 bits per heavy atom. The topological polar surface area (TPSA) is 134 Å². The van der Waals surface area contributed by atoms with E-state index in [1.807, 2.05) is 0 Å². The summed E-state index contributed by atoms with van der Waals surface area (Å²) >= 11 is 0. The predicted octanol–water partition coefficient (Wildman–Crippen LogP) is -2.56. The normalized spacial score (nSPS) is 39.1. The molecule has 1 aliphatic rings. The van der Waals surface area contributed by atoms with Crippen LogP contribution >= 0.6 is 0 Å². The molecule has 92 valence electrons. The van der Waals surface area contributed by atoms with Crippen LogP contribution in [0.5, 0.6) is 0 Å². The average Bonchev–Trinajstić information content (AvgIpc) is 2.18. The van der Waals surface area contributed by atoms with Crippen LogP contribution in [0.15, 0.2) is 0 Å². The number of esters is 1. The minimum atomic E-state index is -1.79. The molecule has 0 aliphatic carbocycles. The third-order valence-electron chi connectivity index (χ3n) is 2.10. The van der Waals surface area contributed by atoms with Gasteiger partial charge < -0.3 is 29.9 Å². The van der Waals surface area contributed by atoms with E-state index in [-0.39, 0.29) is 0 Å². The summed E-state index contributed by atoms with van der Waals surface area (Å²) in [5, 5.41) is 36.6. The second-order valence-electron chi connectivity index (χ2n) is 3.34. The first-order valence-electron chi connectivity index (χ1n) is 4.44. The number of aliphatic hydroxyl groups is 3. The molecule has 0 aromatic carbocycles. The number of ether oxygens (including phenoxy) is 2. The summed E-state index contributed by atoms with van der Waals surface area (Å²) in [7, 11) is 0. The quantitative estimate of drug-likeness (QED) is 0.385. The van der Waals surface area contributed by atoms with E-state index >= 15 is 0 Å². The summed E-state index contributed by atoms with van der Waals surface area (Å²) in [6.45, 7) is 1.03. The van der Waals surface area contributed by atoms with Crippen molar-refractivity contribution >= 4 is 11.9 Å². The maximum absolute atomic E-state index is 10.6. The highest BCUT2D eigenvalue weighted by Gasteiger charge is 2.48. The largest absolute Gasteiger partial charge is 0.479 e. The van der Waals surface area contributed by atoms with Crippen molar-refractivity contribution in [3.8, 4) is 0 Å². The number of aliphatic hydroxyl groups excluding tert-OH is 3. The van der Waals surface area contributed by atoms with Crippen LogP contribution in [0, 0.1) is 0 Å². The van der Waals surface area contributed by atoms with Crippen LogP contribution in [0.2, 0.25) is 0 Å². The molecule has 0 radical (unpaired) electrons. The van der Waals surface area contributed by atoms with Gasteiger partial charge in [0.1, 0.15) is 18.3 Å². The Balaban J connectivity index is 2.80. The SMILES string of the molecule is CC(=O)O[C@@H]1OC(C(=O)O)[C@@H](O)C(O)C1O. The van der Waals surface area contributed by atoms with Crippen molar-refractivity contribution in [3.05, 3.63) is 0 Å². The Kier molecular flexibility index (Phi) is 3.81. The molecule has 1 saturated heterocycles. The molecule has 4 N–H and O–H groups in total. The molecule has 3 unspecified atom stereocenters. The second kappa shape index (κ2) is 4.74. The van der Waals surface area contributed by atoms with Crippen molar-refractivity contribution < 1.29 is 39.5 Å². The van der Waals surface area contributed by atoms with Crippen molar-refractivity contribution in [3.63, 3.8) is 0 Å². The molecule has 8 heteroatoms. The van der Waals surface area contributed by atoms with Crippen molar-refractivity contribution in [1.82, 2.24) is 0 Å². The Bertz CT molecular complexity index is 288. The number of aliphatic carboxylic acids is 1. The second-order valence-corrected chi connectivity index (χ2v) is 3.34. The van der Waals surface area contributed by atoms with E-state index < -0.39 is 42.6 Å². The summed E-state index contributed by atoms with van der Waals surface area (Å²) in [4.78, 5) is 21.2. The summed E-state index contributed by atoms with van der Waals surface area (Å²) < 4.78 is 9.11. The van der Waals surface area contributed by atoms with Gasteiger partial charge in [-0.05, 0) is 0 Å². The Morgan fingerprint density at radius 3 is 2.12 bits per heavy atom. The first-order valence-corrected chi connectivity index (χ1v) is 4.44. The minimum absolute atomic E-state index is 0.809. The standard InChI is InChI=1S/C8H12O8/c1-2(9)15-8-5(12)3(10)4(11)6(16-8)7(13)14/h3-6,8,10-12H,1H3,(H,13,14)/t3?,4-,5?,6?,8+/m0/s1. The maximum atomic E-state index is 10.6. The summed E-state index contributed by atoms with van der Waals surface area (Å²) in [5.74, 6) is -2.34. The molecule has 1 rings (SSSR count).